The molecule has 1 aromatic rings. The van der Waals surface area contributed by atoms with Crippen LogP contribution in [0.2, 0.25) is 0 Å². The van der Waals surface area contributed by atoms with Gasteiger partial charge in [-0.05, 0) is 44.9 Å². The van der Waals surface area contributed by atoms with Gasteiger partial charge in [-0.25, -0.2) is 4.98 Å². The van der Waals surface area contributed by atoms with E-state index in [1.807, 2.05) is 26.8 Å². The van der Waals surface area contributed by atoms with E-state index in [9.17, 15) is 0 Å². The van der Waals surface area contributed by atoms with Crippen LogP contribution in [0.1, 0.15) is 32.8 Å². The van der Waals surface area contributed by atoms with Gasteiger partial charge in [0, 0.05) is 24.8 Å². The molecule has 6 heteroatoms. The first kappa shape index (κ1) is 17.0. The maximum atomic E-state index is 6.15. The molecule has 1 aromatic heterocycles. The minimum absolute atomic E-state index is 0.0699. The molecule has 0 spiro atoms. The third kappa shape index (κ3) is 4.03. The lowest BCUT2D eigenvalue weighted by atomic mass is 10.0. The fourth-order valence-electron chi connectivity index (χ4n) is 3.20. The Balaban J connectivity index is 1.31. The zero-order valence-electron chi connectivity index (χ0n) is 15.1. The molecule has 0 aliphatic carbocycles. The van der Waals surface area contributed by atoms with Crippen molar-refractivity contribution in [2.75, 3.05) is 26.3 Å². The molecule has 0 radical (unpaired) electrons. The van der Waals surface area contributed by atoms with Gasteiger partial charge in [-0.15, -0.1) is 0 Å². The van der Waals surface area contributed by atoms with Crippen LogP contribution in [0.5, 0.6) is 5.88 Å². The molecule has 4 heterocycles. The van der Waals surface area contributed by atoms with Crippen LogP contribution in [0.4, 0.5) is 0 Å². The average Bonchev–Trinajstić information content (AvgIpc) is 3.28. The van der Waals surface area contributed by atoms with Crippen LogP contribution >= 0.6 is 0 Å². The summed E-state index contributed by atoms with van der Waals surface area (Å²) in [6, 6.07) is 4.03. The van der Waals surface area contributed by atoms with Crippen LogP contribution in [0.3, 0.4) is 0 Å². The van der Waals surface area contributed by atoms with Gasteiger partial charge in [-0.3, -0.25) is 4.90 Å². The second-order valence-corrected chi connectivity index (χ2v) is 7.73. The van der Waals surface area contributed by atoms with E-state index in [4.69, 9.17) is 18.9 Å². The molecule has 0 saturated carbocycles. The maximum absolute atomic E-state index is 6.15. The highest BCUT2D eigenvalue weighted by Crippen LogP contribution is 2.35. The topological polar surface area (TPSA) is 56.4 Å². The van der Waals surface area contributed by atoms with Crippen LogP contribution < -0.4 is 4.74 Å². The molecule has 3 aliphatic heterocycles. The zero-order chi connectivity index (χ0) is 17.4. The first-order valence-corrected chi connectivity index (χ1v) is 8.96. The number of hydrogen-bond donors (Lipinski definition) is 0. The van der Waals surface area contributed by atoms with E-state index < -0.39 is 0 Å². The largest absolute Gasteiger partial charge is 0.471 e. The lowest BCUT2D eigenvalue weighted by Crippen LogP contribution is -2.55. The van der Waals surface area contributed by atoms with Gasteiger partial charge in [0.05, 0.1) is 18.8 Å². The number of ether oxygens (including phenoxy) is 4. The van der Waals surface area contributed by atoms with Crippen molar-refractivity contribution >= 4 is 5.57 Å². The number of likely N-dealkylation sites (tertiary alicyclic amines) is 1. The second-order valence-electron chi connectivity index (χ2n) is 7.73. The van der Waals surface area contributed by atoms with Crippen LogP contribution in [0.15, 0.2) is 24.4 Å². The Morgan fingerprint density at radius 1 is 1.28 bits per heavy atom. The van der Waals surface area contributed by atoms with Gasteiger partial charge >= 0.3 is 0 Å². The Morgan fingerprint density at radius 3 is 2.84 bits per heavy atom. The molecule has 2 unspecified atom stereocenters. The van der Waals surface area contributed by atoms with Gasteiger partial charge in [-0.1, -0.05) is 6.08 Å². The Kier molecular flexibility index (Phi) is 4.54. The minimum Gasteiger partial charge on any atom is -0.471 e. The first-order valence-electron chi connectivity index (χ1n) is 8.96. The Bertz CT molecular complexity index is 649. The summed E-state index contributed by atoms with van der Waals surface area (Å²) in [5.74, 6) is 0.722. The molecule has 2 atom stereocenters. The lowest BCUT2D eigenvalue weighted by molar-refractivity contribution is -0.0600. The van der Waals surface area contributed by atoms with Crippen LogP contribution in [0.25, 0.3) is 5.57 Å². The van der Waals surface area contributed by atoms with Crippen molar-refractivity contribution in [2.24, 2.45) is 0 Å². The van der Waals surface area contributed by atoms with E-state index in [2.05, 4.69) is 22.0 Å². The van der Waals surface area contributed by atoms with Crippen molar-refractivity contribution in [3.05, 3.63) is 30.0 Å². The molecule has 3 aliphatic rings. The van der Waals surface area contributed by atoms with E-state index >= 15 is 0 Å². The third-order valence-corrected chi connectivity index (χ3v) is 4.49. The molecule has 0 bridgehead atoms. The summed E-state index contributed by atoms with van der Waals surface area (Å²) in [4.78, 5) is 6.69. The van der Waals surface area contributed by atoms with Crippen LogP contribution in [-0.2, 0) is 14.2 Å². The Labute approximate surface area is 148 Å². The maximum Gasteiger partial charge on any atom is 0.221 e. The number of epoxide rings is 1. The number of hydrogen-bond acceptors (Lipinski definition) is 6. The highest BCUT2D eigenvalue weighted by Gasteiger charge is 2.51. The fraction of sp³-hybridized carbons (Fsp3) is 0.632. The summed E-state index contributed by atoms with van der Waals surface area (Å²) in [6.45, 7) is 9.23. The summed E-state index contributed by atoms with van der Waals surface area (Å²) in [5.41, 5.74) is 2.16. The van der Waals surface area contributed by atoms with Gasteiger partial charge in [0.2, 0.25) is 5.88 Å². The van der Waals surface area contributed by atoms with Gasteiger partial charge in [0.15, 0.2) is 12.5 Å². The molecule has 0 aromatic carbocycles. The Morgan fingerprint density at radius 2 is 2.12 bits per heavy atom. The lowest BCUT2D eigenvalue weighted by Gasteiger charge is -2.38. The summed E-state index contributed by atoms with van der Waals surface area (Å²) in [5, 5.41) is 0. The van der Waals surface area contributed by atoms with Crippen molar-refractivity contribution < 1.29 is 18.9 Å². The molecule has 25 heavy (non-hydrogen) atoms. The quantitative estimate of drug-likeness (QED) is 0.764. The predicted octanol–water partition coefficient (Wildman–Crippen LogP) is 2.45. The molecule has 136 valence electrons. The van der Waals surface area contributed by atoms with E-state index in [0.717, 1.165) is 37.6 Å². The first-order chi connectivity index (χ1) is 12.0. The summed E-state index contributed by atoms with van der Waals surface area (Å²) < 4.78 is 23.0. The highest BCUT2D eigenvalue weighted by molar-refractivity contribution is 5.69. The molecule has 6 nitrogen and oxygen atoms in total. The smallest absolute Gasteiger partial charge is 0.221 e. The highest BCUT2D eigenvalue weighted by atomic mass is 16.8. The third-order valence-electron chi connectivity index (χ3n) is 4.49. The van der Waals surface area contributed by atoms with E-state index in [1.165, 1.54) is 5.57 Å². The molecule has 4 rings (SSSR count). The monoisotopic (exact) mass is 346 g/mol. The number of pyridine rings is 1. The second kappa shape index (κ2) is 6.68. The number of aromatic nitrogens is 1. The standard InChI is InChI=1S/C19H26N2O4/c1-19(2,3)25-18-17(24-18)21-11-14(12-21)23-16-15(5-4-8-20-16)13-6-9-22-10-7-13/h4-6,8,14,17-18H,7,9-12H2,1-3H3. The van der Waals surface area contributed by atoms with Crippen molar-refractivity contribution in [3.8, 4) is 5.88 Å². The SMILES string of the molecule is CC(C)(C)OC1OC1N1CC(Oc2ncccc2C2=CCOCC2)C1. The van der Waals surface area contributed by atoms with Crippen LogP contribution in [-0.4, -0.2) is 60.4 Å². The van der Waals surface area contributed by atoms with Crippen molar-refractivity contribution in [3.63, 3.8) is 0 Å². The van der Waals surface area contributed by atoms with E-state index in [-0.39, 0.29) is 24.2 Å². The number of nitrogens with zero attached hydrogens (tertiary/aromatic N) is 2. The average molecular weight is 346 g/mol. The summed E-state index contributed by atoms with van der Waals surface area (Å²) in [6.07, 6.45) is 4.91. The predicted molar refractivity (Wildman–Crippen MR) is 93.1 cm³/mol. The molecular formula is C19H26N2O4. The van der Waals surface area contributed by atoms with Crippen molar-refractivity contribution in [1.29, 1.82) is 0 Å². The normalized spacial score (nSPS) is 27.6. The summed E-state index contributed by atoms with van der Waals surface area (Å²) in [7, 11) is 0. The van der Waals surface area contributed by atoms with Crippen molar-refractivity contribution in [1.82, 2.24) is 9.88 Å². The summed E-state index contributed by atoms with van der Waals surface area (Å²) >= 11 is 0. The molecular weight excluding hydrogens is 320 g/mol. The fourth-order valence-corrected chi connectivity index (χ4v) is 3.20. The van der Waals surface area contributed by atoms with Gasteiger partial charge in [0.25, 0.3) is 0 Å². The van der Waals surface area contributed by atoms with Gasteiger partial charge < -0.3 is 18.9 Å². The van der Waals surface area contributed by atoms with Gasteiger partial charge in [0.1, 0.15) is 6.10 Å². The Hall–Kier alpha value is -1.47. The van der Waals surface area contributed by atoms with Crippen LogP contribution in [0, 0.1) is 0 Å². The molecule has 0 amide bonds. The van der Waals surface area contributed by atoms with E-state index in [0.29, 0.717) is 6.61 Å². The minimum atomic E-state index is -0.180. The van der Waals surface area contributed by atoms with E-state index in [1.54, 1.807) is 6.20 Å². The zero-order valence-corrected chi connectivity index (χ0v) is 15.1. The van der Waals surface area contributed by atoms with Gasteiger partial charge in [-0.2, -0.15) is 0 Å². The number of rotatable bonds is 5. The molecule has 2 fully saturated rings. The van der Waals surface area contributed by atoms with Crippen molar-refractivity contribution in [2.45, 2.75) is 51.4 Å². The molecule has 0 N–H and O–H groups in total. The molecule has 2 saturated heterocycles.